The molecule has 2 heteroatoms. The van der Waals surface area contributed by atoms with Crippen molar-refractivity contribution in [2.24, 2.45) is 0 Å². The van der Waals surface area contributed by atoms with Gasteiger partial charge < -0.3 is 4.48 Å². The molecule has 0 bridgehead atoms. The van der Waals surface area contributed by atoms with Crippen LogP contribution < -0.4 is 0 Å². The van der Waals surface area contributed by atoms with Crippen molar-refractivity contribution in [2.45, 2.75) is 46.0 Å². The van der Waals surface area contributed by atoms with Crippen molar-refractivity contribution in [3.05, 3.63) is 12.2 Å². The highest BCUT2D eigenvalue weighted by Crippen LogP contribution is 2.08. The summed E-state index contributed by atoms with van der Waals surface area (Å²) in [6.07, 6.45) is 5.35. The summed E-state index contributed by atoms with van der Waals surface area (Å²) in [5, 5.41) is 0. The molecule has 0 saturated heterocycles. The highest BCUT2D eigenvalue weighted by atomic mass is 16.1. The van der Waals surface area contributed by atoms with Crippen LogP contribution in [0.15, 0.2) is 12.2 Å². The lowest BCUT2D eigenvalue weighted by Crippen LogP contribution is -2.41. The Bertz CT molecular complexity index is 231. The van der Waals surface area contributed by atoms with E-state index in [1.807, 2.05) is 0 Å². The van der Waals surface area contributed by atoms with Crippen LogP contribution >= 0.6 is 0 Å². The molecular weight excluding hydrogens is 198 g/mol. The highest BCUT2D eigenvalue weighted by Gasteiger charge is 2.13. The molecule has 0 atom stereocenters. The van der Waals surface area contributed by atoms with Gasteiger partial charge >= 0.3 is 0 Å². The summed E-state index contributed by atoms with van der Waals surface area (Å²) in [5.41, 5.74) is 0.694. The van der Waals surface area contributed by atoms with Crippen molar-refractivity contribution in [1.82, 2.24) is 0 Å². The fourth-order valence-electron chi connectivity index (χ4n) is 1.74. The Morgan fingerprint density at radius 3 is 2.19 bits per heavy atom. The normalized spacial score (nSPS) is 11.5. The number of quaternary nitrogens is 1. The monoisotopic (exact) mass is 226 g/mol. The Morgan fingerprint density at radius 2 is 1.69 bits per heavy atom. The van der Waals surface area contributed by atoms with E-state index in [1.54, 1.807) is 6.92 Å². The molecule has 0 aromatic rings. The summed E-state index contributed by atoms with van der Waals surface area (Å²) in [6.45, 7) is 10.1. The molecule has 0 heterocycles. The van der Waals surface area contributed by atoms with Crippen molar-refractivity contribution in [2.75, 3.05) is 27.2 Å². The first kappa shape index (κ1) is 15.4. The minimum absolute atomic E-state index is 0.221. The van der Waals surface area contributed by atoms with Crippen LogP contribution in [0.1, 0.15) is 46.0 Å². The van der Waals surface area contributed by atoms with Crippen molar-refractivity contribution >= 4 is 5.78 Å². The van der Waals surface area contributed by atoms with Crippen LogP contribution in [0.2, 0.25) is 0 Å². The topological polar surface area (TPSA) is 17.1 Å². The van der Waals surface area contributed by atoms with Crippen molar-refractivity contribution in [3.8, 4) is 0 Å². The third-order valence-corrected chi connectivity index (χ3v) is 3.01. The minimum atomic E-state index is 0.221. The zero-order valence-electron chi connectivity index (χ0n) is 11.5. The van der Waals surface area contributed by atoms with Gasteiger partial charge in [-0.2, -0.15) is 0 Å². The minimum Gasteiger partial charge on any atom is -0.328 e. The Morgan fingerprint density at radius 1 is 1.12 bits per heavy atom. The standard InChI is InChI=1S/C14H28NO/c1-6-7-11-15(4,5)12-9-8-10-14(16)13(2)3/h2,6-12H2,1,3-5H3/q+1. The Kier molecular flexibility index (Phi) is 7.31. The van der Waals surface area contributed by atoms with E-state index in [-0.39, 0.29) is 5.78 Å². The van der Waals surface area contributed by atoms with Crippen LogP contribution in [0.4, 0.5) is 0 Å². The molecule has 0 spiro atoms. The molecule has 0 aromatic carbocycles. The average molecular weight is 226 g/mol. The maximum atomic E-state index is 11.3. The third-order valence-electron chi connectivity index (χ3n) is 3.01. The van der Waals surface area contributed by atoms with Gasteiger partial charge in [-0.3, -0.25) is 4.79 Å². The number of carbonyl (C=O) groups excluding carboxylic acids is 1. The lowest BCUT2D eigenvalue weighted by atomic mass is 10.1. The van der Waals surface area contributed by atoms with Crippen LogP contribution in [0, 0.1) is 0 Å². The van der Waals surface area contributed by atoms with Crippen molar-refractivity contribution in [3.63, 3.8) is 0 Å². The van der Waals surface area contributed by atoms with Gasteiger partial charge in [-0.1, -0.05) is 19.9 Å². The van der Waals surface area contributed by atoms with Crippen LogP contribution in [-0.2, 0) is 4.79 Å². The van der Waals surface area contributed by atoms with E-state index in [0.717, 1.165) is 17.3 Å². The van der Waals surface area contributed by atoms with Crippen LogP contribution in [0.25, 0.3) is 0 Å². The van der Waals surface area contributed by atoms with Gasteiger partial charge in [0.05, 0.1) is 27.2 Å². The maximum Gasteiger partial charge on any atom is 0.157 e. The van der Waals surface area contributed by atoms with Crippen molar-refractivity contribution in [1.29, 1.82) is 0 Å². The largest absolute Gasteiger partial charge is 0.328 e. The molecule has 0 saturated carbocycles. The number of hydrogen-bond donors (Lipinski definition) is 0. The molecule has 0 radical (unpaired) electrons. The van der Waals surface area contributed by atoms with Gasteiger partial charge in [0, 0.05) is 6.42 Å². The van der Waals surface area contributed by atoms with E-state index in [1.165, 1.54) is 25.9 Å². The molecule has 0 aromatic heterocycles. The molecule has 0 unspecified atom stereocenters. The maximum absolute atomic E-state index is 11.3. The SMILES string of the molecule is C=C(C)C(=O)CCCC[N+](C)(C)CCCC. The predicted octanol–water partition coefficient (Wildman–Crippen LogP) is 3.18. The molecule has 0 aliphatic heterocycles. The zero-order chi connectivity index (χ0) is 12.6. The number of Topliss-reactive ketones (excluding diaryl/α,β-unsaturated/α-hetero) is 1. The van der Waals surface area contributed by atoms with Gasteiger partial charge in [-0.25, -0.2) is 0 Å². The molecule has 2 nitrogen and oxygen atoms in total. The summed E-state index contributed by atoms with van der Waals surface area (Å²) in [5.74, 6) is 0.221. The second kappa shape index (κ2) is 7.61. The third kappa shape index (κ3) is 7.63. The number of ketones is 1. The van der Waals surface area contributed by atoms with Gasteiger partial charge in [0.25, 0.3) is 0 Å². The van der Waals surface area contributed by atoms with Crippen LogP contribution in [0.5, 0.6) is 0 Å². The van der Waals surface area contributed by atoms with Gasteiger partial charge in [0.1, 0.15) is 0 Å². The van der Waals surface area contributed by atoms with Gasteiger partial charge in [-0.05, 0) is 31.8 Å². The number of rotatable bonds is 9. The second-order valence-electron chi connectivity index (χ2n) is 5.40. The van der Waals surface area contributed by atoms with E-state index in [2.05, 4.69) is 27.6 Å². The van der Waals surface area contributed by atoms with E-state index < -0.39 is 0 Å². The van der Waals surface area contributed by atoms with E-state index in [4.69, 9.17) is 0 Å². The quantitative estimate of drug-likeness (QED) is 0.335. The molecule has 0 N–H and O–H groups in total. The number of hydrogen-bond acceptors (Lipinski definition) is 1. The highest BCUT2D eigenvalue weighted by molar-refractivity contribution is 5.93. The molecule has 0 aliphatic rings. The van der Waals surface area contributed by atoms with Crippen molar-refractivity contribution < 1.29 is 9.28 Å². The number of allylic oxidation sites excluding steroid dienone is 1. The van der Waals surface area contributed by atoms with Gasteiger partial charge in [0.2, 0.25) is 0 Å². The summed E-state index contributed by atoms with van der Waals surface area (Å²) in [7, 11) is 4.55. The fraction of sp³-hybridized carbons (Fsp3) is 0.786. The van der Waals surface area contributed by atoms with Crippen LogP contribution in [0.3, 0.4) is 0 Å². The first-order valence-corrected chi connectivity index (χ1v) is 6.40. The summed E-state index contributed by atoms with van der Waals surface area (Å²) < 4.78 is 1.08. The second-order valence-corrected chi connectivity index (χ2v) is 5.40. The Labute approximate surface area is 101 Å². The van der Waals surface area contributed by atoms with E-state index in [0.29, 0.717) is 12.0 Å². The molecule has 0 rings (SSSR count). The van der Waals surface area contributed by atoms with Gasteiger partial charge in [0.15, 0.2) is 5.78 Å². The number of carbonyl (C=O) groups is 1. The summed E-state index contributed by atoms with van der Waals surface area (Å²) >= 11 is 0. The molecule has 0 aliphatic carbocycles. The van der Waals surface area contributed by atoms with Crippen LogP contribution in [-0.4, -0.2) is 37.5 Å². The lowest BCUT2D eigenvalue weighted by molar-refractivity contribution is -0.890. The molecule has 16 heavy (non-hydrogen) atoms. The van der Waals surface area contributed by atoms with E-state index >= 15 is 0 Å². The number of nitrogens with zero attached hydrogens (tertiary/aromatic N) is 1. The summed E-state index contributed by atoms with van der Waals surface area (Å²) in [6, 6.07) is 0. The zero-order valence-corrected chi connectivity index (χ0v) is 11.5. The first-order chi connectivity index (χ1) is 7.39. The molecular formula is C14H28NO+. The predicted molar refractivity (Wildman–Crippen MR) is 70.4 cm³/mol. The smallest absolute Gasteiger partial charge is 0.157 e. The molecule has 0 amide bonds. The van der Waals surface area contributed by atoms with Gasteiger partial charge in [-0.15, -0.1) is 0 Å². The fourth-order valence-corrected chi connectivity index (χ4v) is 1.74. The number of unbranched alkanes of at least 4 members (excludes halogenated alkanes) is 2. The average Bonchev–Trinajstić information content (AvgIpc) is 2.21. The lowest BCUT2D eigenvalue weighted by Gasteiger charge is -2.29. The summed E-state index contributed by atoms with van der Waals surface area (Å²) in [4.78, 5) is 11.3. The Balaban J connectivity index is 3.64. The first-order valence-electron chi connectivity index (χ1n) is 6.40. The van der Waals surface area contributed by atoms with E-state index in [9.17, 15) is 4.79 Å². The molecule has 0 fully saturated rings. The Hall–Kier alpha value is -0.630. The molecule has 94 valence electrons.